The second kappa shape index (κ2) is 10.9. The summed E-state index contributed by atoms with van der Waals surface area (Å²) in [7, 11) is 0. The molecule has 1 unspecified atom stereocenters. The number of aromatic amines is 1. The number of benzene rings is 2. The van der Waals surface area contributed by atoms with Gasteiger partial charge in [-0.1, -0.05) is 42.5 Å². The highest BCUT2D eigenvalue weighted by Crippen LogP contribution is 2.34. The van der Waals surface area contributed by atoms with E-state index in [1.807, 2.05) is 24.4 Å². The molecule has 1 N–H and O–H groups in total. The van der Waals surface area contributed by atoms with Gasteiger partial charge in [0, 0.05) is 12.7 Å². The SMILES string of the molecule is Br.C(=Nn1cnnc1)c1ccc(CN(Cc2nc3ccccc3[nH]2)C2CCCc3cccnc32)cc1. The Bertz CT molecular complexity index is 1410. The molecule has 8 nitrogen and oxygen atoms in total. The second-order valence-corrected chi connectivity index (χ2v) is 8.89. The topological polar surface area (TPSA) is 87.9 Å². The van der Waals surface area contributed by atoms with Gasteiger partial charge in [-0.2, -0.15) is 5.10 Å². The third kappa shape index (κ3) is 5.27. The molecule has 3 heterocycles. The first-order valence-electron chi connectivity index (χ1n) is 11.9. The molecule has 0 radical (unpaired) electrons. The predicted molar refractivity (Wildman–Crippen MR) is 145 cm³/mol. The Morgan fingerprint density at radius 1 is 1.00 bits per heavy atom. The Morgan fingerprint density at radius 3 is 2.67 bits per heavy atom. The van der Waals surface area contributed by atoms with E-state index in [0.29, 0.717) is 0 Å². The number of rotatable bonds is 7. The molecular weight excluding hydrogens is 516 g/mol. The van der Waals surface area contributed by atoms with Crippen LogP contribution in [0.3, 0.4) is 0 Å². The third-order valence-corrected chi connectivity index (χ3v) is 6.51. The van der Waals surface area contributed by atoms with Gasteiger partial charge in [-0.25, -0.2) is 9.66 Å². The minimum Gasteiger partial charge on any atom is -0.341 e. The largest absolute Gasteiger partial charge is 0.341 e. The molecule has 1 atom stereocenters. The number of aryl methyl sites for hydroxylation is 1. The van der Waals surface area contributed by atoms with Crippen LogP contribution in [0.2, 0.25) is 0 Å². The zero-order valence-corrected chi connectivity index (χ0v) is 21.4. The van der Waals surface area contributed by atoms with Crippen molar-refractivity contribution in [2.24, 2.45) is 5.10 Å². The van der Waals surface area contributed by atoms with Gasteiger partial charge in [-0.15, -0.1) is 27.2 Å². The van der Waals surface area contributed by atoms with Crippen molar-refractivity contribution < 1.29 is 0 Å². The minimum absolute atomic E-state index is 0. The molecule has 0 saturated carbocycles. The summed E-state index contributed by atoms with van der Waals surface area (Å²) in [4.78, 5) is 15.7. The van der Waals surface area contributed by atoms with Gasteiger partial charge in [0.1, 0.15) is 18.5 Å². The fourth-order valence-electron chi connectivity index (χ4n) is 4.82. The number of hydrogen-bond donors (Lipinski definition) is 1. The lowest BCUT2D eigenvalue weighted by molar-refractivity contribution is 0.153. The van der Waals surface area contributed by atoms with E-state index in [2.05, 4.69) is 67.6 Å². The van der Waals surface area contributed by atoms with E-state index in [1.54, 1.807) is 23.5 Å². The van der Waals surface area contributed by atoms with Gasteiger partial charge in [-0.3, -0.25) is 9.88 Å². The summed E-state index contributed by atoms with van der Waals surface area (Å²) in [6.45, 7) is 1.53. The lowest BCUT2D eigenvalue weighted by atomic mass is 9.90. The highest BCUT2D eigenvalue weighted by molar-refractivity contribution is 8.93. The summed E-state index contributed by atoms with van der Waals surface area (Å²) in [5, 5.41) is 11.9. The molecule has 1 aliphatic carbocycles. The van der Waals surface area contributed by atoms with Crippen LogP contribution in [-0.2, 0) is 19.5 Å². The van der Waals surface area contributed by atoms with Crippen molar-refractivity contribution >= 4 is 34.2 Å². The normalized spacial score (nSPS) is 15.3. The second-order valence-electron chi connectivity index (χ2n) is 8.89. The van der Waals surface area contributed by atoms with Gasteiger partial charge in [0.25, 0.3) is 0 Å². The molecule has 0 fully saturated rings. The summed E-state index contributed by atoms with van der Waals surface area (Å²) in [6, 6.07) is 21.2. The van der Waals surface area contributed by atoms with E-state index in [9.17, 15) is 0 Å². The average Bonchev–Trinajstić information content (AvgIpc) is 3.57. The van der Waals surface area contributed by atoms with Crippen LogP contribution in [0.5, 0.6) is 0 Å². The van der Waals surface area contributed by atoms with Crippen LogP contribution in [-0.4, -0.2) is 40.9 Å². The van der Waals surface area contributed by atoms with Gasteiger partial charge >= 0.3 is 0 Å². The lowest BCUT2D eigenvalue weighted by Gasteiger charge is -2.34. The summed E-state index contributed by atoms with van der Waals surface area (Å²) < 4.78 is 1.58. The van der Waals surface area contributed by atoms with E-state index in [-0.39, 0.29) is 23.0 Å². The molecule has 0 spiro atoms. The fraction of sp³-hybridized carbons (Fsp3) is 0.222. The van der Waals surface area contributed by atoms with Crippen LogP contribution in [0, 0.1) is 0 Å². The van der Waals surface area contributed by atoms with Crippen molar-refractivity contribution in [3.8, 4) is 0 Å². The highest BCUT2D eigenvalue weighted by atomic mass is 79.9. The molecule has 9 heteroatoms. The average molecular weight is 543 g/mol. The van der Waals surface area contributed by atoms with Crippen LogP contribution in [0.25, 0.3) is 11.0 Å². The number of imidazole rings is 1. The Kier molecular flexibility index (Phi) is 7.29. The monoisotopic (exact) mass is 542 g/mol. The number of hydrogen-bond acceptors (Lipinski definition) is 6. The van der Waals surface area contributed by atoms with Crippen molar-refractivity contribution in [2.75, 3.05) is 0 Å². The number of nitrogens with one attached hydrogen (secondary N) is 1. The van der Waals surface area contributed by atoms with Crippen LogP contribution in [0.4, 0.5) is 0 Å². The van der Waals surface area contributed by atoms with E-state index in [4.69, 9.17) is 9.97 Å². The number of aromatic nitrogens is 6. The first-order valence-corrected chi connectivity index (χ1v) is 11.9. The molecule has 182 valence electrons. The first kappa shape index (κ1) is 24.0. The zero-order chi connectivity index (χ0) is 23.5. The molecule has 2 aromatic carbocycles. The van der Waals surface area contributed by atoms with Crippen molar-refractivity contribution in [3.63, 3.8) is 0 Å². The van der Waals surface area contributed by atoms with Crippen molar-refractivity contribution in [2.45, 2.75) is 38.4 Å². The van der Waals surface area contributed by atoms with E-state index in [1.165, 1.54) is 23.2 Å². The van der Waals surface area contributed by atoms with Gasteiger partial charge in [0.2, 0.25) is 0 Å². The van der Waals surface area contributed by atoms with Gasteiger partial charge in [0.05, 0.1) is 35.5 Å². The first-order chi connectivity index (χ1) is 17.3. The van der Waals surface area contributed by atoms with E-state index < -0.39 is 0 Å². The number of pyridine rings is 1. The maximum atomic E-state index is 4.86. The smallest absolute Gasteiger partial charge is 0.141 e. The summed E-state index contributed by atoms with van der Waals surface area (Å²) in [6.07, 6.45) is 10.2. The molecule has 0 bridgehead atoms. The van der Waals surface area contributed by atoms with Crippen LogP contribution in [0.15, 0.2) is 84.6 Å². The van der Waals surface area contributed by atoms with Crippen LogP contribution >= 0.6 is 17.0 Å². The number of nitrogens with zero attached hydrogens (tertiary/aromatic N) is 7. The maximum Gasteiger partial charge on any atom is 0.141 e. The van der Waals surface area contributed by atoms with Gasteiger partial charge in [0.15, 0.2) is 0 Å². The van der Waals surface area contributed by atoms with E-state index >= 15 is 0 Å². The third-order valence-electron chi connectivity index (χ3n) is 6.51. The molecule has 0 aliphatic heterocycles. The number of halogens is 1. The van der Waals surface area contributed by atoms with Gasteiger partial charge < -0.3 is 4.98 Å². The number of H-pyrrole nitrogens is 1. The van der Waals surface area contributed by atoms with Gasteiger partial charge in [-0.05, 0) is 54.2 Å². The van der Waals surface area contributed by atoms with Crippen molar-refractivity contribution in [1.82, 2.24) is 34.7 Å². The molecular formula is C27H27BrN8. The molecule has 1 aliphatic rings. The Hall–Kier alpha value is -3.69. The summed E-state index contributed by atoms with van der Waals surface area (Å²) >= 11 is 0. The highest BCUT2D eigenvalue weighted by Gasteiger charge is 2.28. The molecule has 3 aromatic heterocycles. The lowest BCUT2D eigenvalue weighted by Crippen LogP contribution is -2.31. The Balaban J connectivity index is 0.00000267. The van der Waals surface area contributed by atoms with Crippen molar-refractivity contribution in [1.29, 1.82) is 0 Å². The Morgan fingerprint density at radius 2 is 1.83 bits per heavy atom. The fourth-order valence-corrected chi connectivity index (χ4v) is 4.82. The molecule has 36 heavy (non-hydrogen) atoms. The summed E-state index contributed by atoms with van der Waals surface area (Å²) in [5.74, 6) is 0.979. The Labute approximate surface area is 219 Å². The van der Waals surface area contributed by atoms with E-state index in [0.717, 1.165) is 48.4 Å². The molecule has 5 aromatic rings. The van der Waals surface area contributed by atoms with Crippen molar-refractivity contribution in [3.05, 3.63) is 108 Å². The molecule has 0 saturated heterocycles. The standard InChI is InChI=1S/C27H26N8.BrH/c1-2-8-24-23(7-1)32-26(33-24)17-34(25-9-3-5-22-6-4-14-28-27(22)25)16-21-12-10-20(11-13-21)15-31-35-18-29-30-19-35;/h1-2,4,6-8,10-15,18-19,25H,3,5,9,16-17H2,(H,32,33);1H. The predicted octanol–water partition coefficient (Wildman–Crippen LogP) is 5.09. The maximum absolute atomic E-state index is 4.86. The van der Waals surface area contributed by atoms with Crippen LogP contribution in [0.1, 0.15) is 47.1 Å². The van der Waals surface area contributed by atoms with Crippen LogP contribution < -0.4 is 0 Å². The molecule has 6 rings (SSSR count). The minimum atomic E-state index is 0. The number of fused-ring (bicyclic) bond motifs is 2. The summed E-state index contributed by atoms with van der Waals surface area (Å²) in [5.41, 5.74) is 6.90. The molecule has 0 amide bonds. The quantitative estimate of drug-likeness (QED) is 0.289. The zero-order valence-electron chi connectivity index (χ0n) is 19.7. The number of para-hydroxylation sites is 2.